The fourth-order valence-electron chi connectivity index (χ4n) is 6.07. The van der Waals surface area contributed by atoms with E-state index >= 15 is 0 Å². The van der Waals surface area contributed by atoms with Gasteiger partial charge in [0.2, 0.25) is 11.8 Å². The van der Waals surface area contributed by atoms with Gasteiger partial charge in [-0.3, -0.25) is 19.3 Å². The second-order valence-corrected chi connectivity index (χ2v) is 9.62. The lowest BCUT2D eigenvalue weighted by Crippen LogP contribution is -2.48. The number of piperazine rings is 1. The molecule has 2 aliphatic heterocycles. The van der Waals surface area contributed by atoms with Gasteiger partial charge in [-0.1, -0.05) is 48.6 Å². The molecule has 6 nitrogen and oxygen atoms in total. The molecular weight excluding hydrogens is 414 g/mol. The molecule has 33 heavy (non-hydrogen) atoms. The summed E-state index contributed by atoms with van der Waals surface area (Å²) in [7, 11) is 0. The summed E-state index contributed by atoms with van der Waals surface area (Å²) in [6, 6.07) is 17.4. The van der Waals surface area contributed by atoms with E-state index in [0.717, 1.165) is 26.1 Å². The maximum Gasteiger partial charge on any atom is 0.254 e. The summed E-state index contributed by atoms with van der Waals surface area (Å²) in [4.78, 5) is 45.0. The Labute approximate surface area is 193 Å². The molecule has 2 aromatic carbocycles. The third-order valence-corrected chi connectivity index (χ3v) is 7.73. The van der Waals surface area contributed by atoms with Gasteiger partial charge in [-0.05, 0) is 42.0 Å². The number of anilines is 1. The van der Waals surface area contributed by atoms with Gasteiger partial charge in [0.1, 0.15) is 0 Å². The normalized spacial score (nSPS) is 28.6. The number of hydrogen-bond donors (Lipinski definition) is 0. The number of allylic oxidation sites excluding steroid dienone is 2. The minimum Gasteiger partial charge on any atom is -0.336 e. The molecule has 2 heterocycles. The number of carbonyl (C=O) groups is 3. The predicted molar refractivity (Wildman–Crippen MR) is 124 cm³/mol. The molecule has 0 aromatic heterocycles. The van der Waals surface area contributed by atoms with Crippen LogP contribution in [0.2, 0.25) is 0 Å². The van der Waals surface area contributed by atoms with Crippen LogP contribution in [0.25, 0.3) is 0 Å². The van der Waals surface area contributed by atoms with Crippen molar-refractivity contribution in [3.63, 3.8) is 0 Å². The summed E-state index contributed by atoms with van der Waals surface area (Å²) in [5.41, 5.74) is 2.33. The molecule has 4 aliphatic rings. The minimum atomic E-state index is -0.232. The Hall–Kier alpha value is -3.25. The average molecular weight is 442 g/mol. The van der Waals surface area contributed by atoms with Gasteiger partial charge in [-0.15, -0.1) is 0 Å². The van der Waals surface area contributed by atoms with E-state index in [1.54, 1.807) is 24.3 Å². The van der Waals surface area contributed by atoms with Crippen LogP contribution < -0.4 is 4.90 Å². The van der Waals surface area contributed by atoms with E-state index in [0.29, 0.717) is 24.3 Å². The molecule has 6 rings (SSSR count). The second-order valence-electron chi connectivity index (χ2n) is 9.62. The molecule has 6 heteroatoms. The van der Waals surface area contributed by atoms with Crippen LogP contribution in [0.5, 0.6) is 0 Å². The Morgan fingerprint density at radius 3 is 2.15 bits per heavy atom. The summed E-state index contributed by atoms with van der Waals surface area (Å²) in [6.45, 7) is 3.86. The number of hydrogen-bond acceptors (Lipinski definition) is 4. The maximum absolute atomic E-state index is 13.2. The molecule has 0 spiro atoms. The standard InChI is InChI=1S/C27H27N3O3/c31-25(29-13-11-28(12-14-29)17-18-5-2-1-3-6-18)21-7-4-8-22(16-21)30-26(32)23-19-9-10-20(15-19)24(23)27(30)33/h1-10,16,19-20,23-24H,11-15,17H2. The smallest absolute Gasteiger partial charge is 0.254 e. The molecule has 0 radical (unpaired) electrons. The fourth-order valence-corrected chi connectivity index (χ4v) is 6.07. The molecule has 3 amide bonds. The Kier molecular flexibility index (Phi) is 4.91. The van der Waals surface area contributed by atoms with Gasteiger partial charge in [0.05, 0.1) is 17.5 Å². The Morgan fingerprint density at radius 1 is 0.818 bits per heavy atom. The molecule has 0 N–H and O–H groups in total. The van der Waals surface area contributed by atoms with Crippen LogP contribution in [0.4, 0.5) is 5.69 Å². The van der Waals surface area contributed by atoms with Gasteiger partial charge in [0, 0.05) is 38.3 Å². The Bertz CT molecular complexity index is 1110. The third-order valence-electron chi connectivity index (χ3n) is 7.73. The summed E-state index contributed by atoms with van der Waals surface area (Å²) in [5.74, 6) is -0.370. The summed E-state index contributed by atoms with van der Waals surface area (Å²) in [6.07, 6.45) is 5.10. The van der Waals surface area contributed by atoms with Crippen LogP contribution in [0.3, 0.4) is 0 Å². The molecule has 3 fully saturated rings. The van der Waals surface area contributed by atoms with Crippen LogP contribution in [0.15, 0.2) is 66.7 Å². The Morgan fingerprint density at radius 2 is 1.48 bits per heavy atom. The number of rotatable bonds is 4. The molecule has 4 atom stereocenters. The zero-order chi connectivity index (χ0) is 22.5. The van der Waals surface area contributed by atoms with Gasteiger partial charge in [-0.25, -0.2) is 4.90 Å². The van der Waals surface area contributed by atoms with Crippen molar-refractivity contribution in [2.24, 2.45) is 23.7 Å². The van der Waals surface area contributed by atoms with E-state index in [4.69, 9.17) is 0 Å². The lowest BCUT2D eigenvalue weighted by Gasteiger charge is -2.35. The van der Waals surface area contributed by atoms with Gasteiger partial charge in [0.15, 0.2) is 0 Å². The van der Waals surface area contributed by atoms with Crippen molar-refractivity contribution < 1.29 is 14.4 Å². The lowest BCUT2D eigenvalue weighted by molar-refractivity contribution is -0.123. The van der Waals surface area contributed by atoms with Gasteiger partial charge >= 0.3 is 0 Å². The first-order valence-electron chi connectivity index (χ1n) is 11.8. The molecule has 2 aliphatic carbocycles. The van der Waals surface area contributed by atoms with Crippen molar-refractivity contribution in [2.75, 3.05) is 31.1 Å². The van der Waals surface area contributed by atoms with Crippen molar-refractivity contribution in [3.8, 4) is 0 Å². The van der Waals surface area contributed by atoms with Crippen molar-refractivity contribution in [2.45, 2.75) is 13.0 Å². The quantitative estimate of drug-likeness (QED) is 0.541. The maximum atomic E-state index is 13.2. The fraction of sp³-hybridized carbons (Fsp3) is 0.370. The van der Waals surface area contributed by atoms with Gasteiger partial charge in [0.25, 0.3) is 5.91 Å². The third kappa shape index (κ3) is 3.40. The number of fused-ring (bicyclic) bond motifs is 5. The number of imide groups is 1. The van der Waals surface area contributed by atoms with Gasteiger partial charge < -0.3 is 4.90 Å². The van der Waals surface area contributed by atoms with Crippen molar-refractivity contribution in [1.82, 2.24) is 9.80 Å². The highest BCUT2D eigenvalue weighted by atomic mass is 16.2. The lowest BCUT2D eigenvalue weighted by atomic mass is 9.85. The molecule has 1 saturated carbocycles. The summed E-state index contributed by atoms with van der Waals surface area (Å²) in [5, 5.41) is 0. The Balaban J connectivity index is 1.14. The first-order valence-corrected chi connectivity index (χ1v) is 11.8. The van der Waals surface area contributed by atoms with Crippen LogP contribution in [0.1, 0.15) is 22.3 Å². The predicted octanol–water partition coefficient (Wildman–Crippen LogP) is 2.96. The first-order chi connectivity index (χ1) is 16.1. The molecule has 4 unspecified atom stereocenters. The summed E-state index contributed by atoms with van der Waals surface area (Å²) >= 11 is 0. The summed E-state index contributed by atoms with van der Waals surface area (Å²) < 4.78 is 0. The average Bonchev–Trinajstić information content (AvgIpc) is 3.53. The highest BCUT2D eigenvalue weighted by molar-refractivity contribution is 6.23. The van der Waals surface area contributed by atoms with E-state index in [-0.39, 0.29) is 41.4 Å². The van der Waals surface area contributed by atoms with E-state index in [1.807, 2.05) is 23.1 Å². The van der Waals surface area contributed by atoms with Crippen LogP contribution >= 0.6 is 0 Å². The SMILES string of the molecule is O=C(c1cccc(N2C(=O)C3C4C=CC(C4)C3C2=O)c1)N1CCN(Cc2ccccc2)CC1. The van der Waals surface area contributed by atoms with Crippen LogP contribution in [-0.2, 0) is 16.1 Å². The highest BCUT2D eigenvalue weighted by Gasteiger charge is 2.59. The number of benzene rings is 2. The van der Waals surface area contributed by atoms with E-state index < -0.39 is 0 Å². The molecule has 2 aromatic rings. The van der Waals surface area contributed by atoms with Crippen LogP contribution in [-0.4, -0.2) is 53.7 Å². The van der Waals surface area contributed by atoms with E-state index in [1.165, 1.54) is 10.5 Å². The molecule has 2 saturated heterocycles. The second kappa shape index (κ2) is 7.96. The number of amides is 3. The van der Waals surface area contributed by atoms with Crippen molar-refractivity contribution in [1.29, 1.82) is 0 Å². The minimum absolute atomic E-state index is 0.0442. The monoisotopic (exact) mass is 441 g/mol. The zero-order valence-corrected chi connectivity index (χ0v) is 18.5. The van der Waals surface area contributed by atoms with Crippen molar-refractivity contribution in [3.05, 3.63) is 77.9 Å². The molecule has 168 valence electrons. The molecular formula is C27H27N3O3. The zero-order valence-electron chi connectivity index (χ0n) is 18.5. The first kappa shape index (κ1) is 20.4. The van der Waals surface area contributed by atoms with E-state index in [9.17, 15) is 14.4 Å². The van der Waals surface area contributed by atoms with E-state index in [2.05, 4.69) is 29.2 Å². The van der Waals surface area contributed by atoms with Crippen LogP contribution in [0, 0.1) is 23.7 Å². The largest absolute Gasteiger partial charge is 0.336 e. The number of nitrogens with zero attached hydrogens (tertiary/aromatic N) is 3. The number of carbonyl (C=O) groups excluding carboxylic acids is 3. The van der Waals surface area contributed by atoms with Crippen molar-refractivity contribution >= 4 is 23.4 Å². The topological polar surface area (TPSA) is 60.9 Å². The molecule has 2 bridgehead atoms. The van der Waals surface area contributed by atoms with Gasteiger partial charge in [-0.2, -0.15) is 0 Å². The highest BCUT2D eigenvalue weighted by Crippen LogP contribution is 2.53.